The first-order valence-corrected chi connectivity index (χ1v) is 17.1. The van der Waals surface area contributed by atoms with Crippen LogP contribution in [0.5, 0.6) is 0 Å². The molecule has 10 nitrogen and oxygen atoms in total. The Kier molecular flexibility index (Phi) is 10.3. The standard InChI is InChI=1S/C33H52ClN5O5/c1-22(2)8-6-7-14-32(15-11-23(3)4)20-44-26(41)10-9-25(40)36-33(32)16-12-24(13-17-33)29-35-30-27(34)28(37-39(30)38-29)31(5)18-42-21-43-19-31/h22-24,37H,6-21H2,1-5H3,(H,36,40). The van der Waals surface area contributed by atoms with Gasteiger partial charge >= 0.3 is 5.97 Å². The van der Waals surface area contributed by atoms with Gasteiger partial charge in [0.15, 0.2) is 11.5 Å². The van der Waals surface area contributed by atoms with Crippen molar-refractivity contribution in [1.82, 2.24) is 25.1 Å². The Hall–Kier alpha value is -2.17. The molecule has 1 saturated carbocycles. The van der Waals surface area contributed by atoms with Crippen LogP contribution in [0.2, 0.25) is 5.02 Å². The van der Waals surface area contributed by atoms with Gasteiger partial charge in [0.05, 0.1) is 37.4 Å². The first-order chi connectivity index (χ1) is 21.0. The number of unbranched alkanes of at least 4 members (excludes halogenated alkanes) is 1. The third kappa shape index (κ3) is 6.97. The number of rotatable bonds is 10. The summed E-state index contributed by atoms with van der Waals surface area (Å²) in [6.07, 6.45) is 9.78. The van der Waals surface area contributed by atoms with Gasteiger partial charge in [0.25, 0.3) is 0 Å². The summed E-state index contributed by atoms with van der Waals surface area (Å²) in [5.41, 5.74) is 0.266. The molecule has 2 aliphatic heterocycles. The van der Waals surface area contributed by atoms with Crippen molar-refractivity contribution < 1.29 is 23.8 Å². The molecule has 44 heavy (non-hydrogen) atoms. The highest BCUT2D eigenvalue weighted by atomic mass is 35.5. The van der Waals surface area contributed by atoms with Crippen molar-refractivity contribution in [3.8, 4) is 0 Å². The van der Waals surface area contributed by atoms with E-state index in [4.69, 9.17) is 35.9 Å². The fraction of sp³-hybridized carbons (Fsp3) is 0.818. The molecule has 2 N–H and O–H groups in total. The molecule has 0 bridgehead atoms. The zero-order valence-corrected chi connectivity index (χ0v) is 28.1. The van der Waals surface area contributed by atoms with Crippen molar-refractivity contribution >= 4 is 29.1 Å². The lowest BCUT2D eigenvalue weighted by Crippen LogP contribution is -2.63. The first kappa shape index (κ1) is 33.2. The molecule has 0 radical (unpaired) electrons. The van der Waals surface area contributed by atoms with Crippen molar-refractivity contribution in [2.45, 2.75) is 129 Å². The molecule has 1 atom stereocenters. The number of fused-ring (bicyclic) bond motifs is 1. The zero-order chi connectivity index (χ0) is 31.5. The van der Waals surface area contributed by atoms with Gasteiger partial charge in [-0.3, -0.25) is 14.7 Å². The molecule has 2 aromatic rings. The van der Waals surface area contributed by atoms with E-state index in [1.165, 1.54) is 6.42 Å². The number of aromatic nitrogens is 4. The van der Waals surface area contributed by atoms with Crippen LogP contribution in [0.1, 0.15) is 129 Å². The van der Waals surface area contributed by atoms with Gasteiger partial charge in [-0.25, -0.2) is 4.98 Å². The number of amides is 1. The van der Waals surface area contributed by atoms with Gasteiger partial charge in [-0.1, -0.05) is 65.0 Å². The van der Waals surface area contributed by atoms with Crippen LogP contribution < -0.4 is 5.32 Å². The van der Waals surface area contributed by atoms with Gasteiger partial charge in [-0.05, 0) is 57.3 Å². The highest BCUT2D eigenvalue weighted by Gasteiger charge is 2.54. The first-order valence-electron chi connectivity index (χ1n) is 16.7. The quantitative estimate of drug-likeness (QED) is 0.228. The molecule has 5 rings (SSSR count). The Bertz CT molecular complexity index is 1290. The predicted molar refractivity (Wildman–Crippen MR) is 169 cm³/mol. The van der Waals surface area contributed by atoms with Crippen LogP contribution in [0.15, 0.2) is 0 Å². The smallest absolute Gasteiger partial charge is 0.306 e. The number of cyclic esters (lactones) is 1. The summed E-state index contributed by atoms with van der Waals surface area (Å²) in [6.45, 7) is 12.7. The van der Waals surface area contributed by atoms with E-state index < -0.39 is 11.0 Å². The second kappa shape index (κ2) is 13.7. The largest absolute Gasteiger partial charge is 0.465 e. The number of ether oxygens (including phenoxy) is 3. The van der Waals surface area contributed by atoms with Crippen molar-refractivity contribution in [2.24, 2.45) is 17.3 Å². The molecule has 1 amide bonds. The normalized spacial score (nSPS) is 28.2. The van der Waals surface area contributed by atoms with Gasteiger partial charge in [0.1, 0.15) is 11.8 Å². The van der Waals surface area contributed by atoms with E-state index in [1.54, 1.807) is 4.63 Å². The number of aromatic amines is 1. The third-order valence-corrected chi connectivity index (χ3v) is 10.8. The lowest BCUT2D eigenvalue weighted by Gasteiger charge is -2.54. The number of hydrogen-bond donors (Lipinski definition) is 2. The number of esters is 1. The van der Waals surface area contributed by atoms with Crippen LogP contribution in [0.25, 0.3) is 5.65 Å². The van der Waals surface area contributed by atoms with E-state index in [-0.39, 0.29) is 42.8 Å². The maximum Gasteiger partial charge on any atom is 0.306 e. The summed E-state index contributed by atoms with van der Waals surface area (Å²) in [5, 5.41) is 12.3. The molecule has 0 aromatic carbocycles. The van der Waals surface area contributed by atoms with Crippen molar-refractivity contribution in [3.05, 3.63) is 16.5 Å². The lowest BCUT2D eigenvalue weighted by atomic mass is 9.57. The van der Waals surface area contributed by atoms with Gasteiger partial charge in [0.2, 0.25) is 5.91 Å². The Balaban J connectivity index is 1.41. The van der Waals surface area contributed by atoms with E-state index in [0.717, 1.165) is 69.3 Å². The number of halogens is 1. The fourth-order valence-electron chi connectivity index (χ4n) is 7.63. The van der Waals surface area contributed by atoms with E-state index in [2.05, 4.69) is 45.0 Å². The van der Waals surface area contributed by atoms with Gasteiger partial charge in [-0.2, -0.15) is 4.63 Å². The number of carbonyl (C=O) groups excluding carboxylic acids is 2. The Morgan fingerprint density at radius 2 is 1.68 bits per heavy atom. The van der Waals surface area contributed by atoms with Crippen LogP contribution in [-0.4, -0.2) is 63.8 Å². The Morgan fingerprint density at radius 3 is 2.34 bits per heavy atom. The minimum Gasteiger partial charge on any atom is -0.465 e. The molecule has 2 aromatic heterocycles. The average Bonchev–Trinajstić information content (AvgIpc) is 3.55. The average molecular weight is 634 g/mol. The van der Waals surface area contributed by atoms with Crippen LogP contribution in [0, 0.1) is 17.3 Å². The zero-order valence-electron chi connectivity index (χ0n) is 27.3. The van der Waals surface area contributed by atoms with Crippen molar-refractivity contribution in [3.63, 3.8) is 0 Å². The summed E-state index contributed by atoms with van der Waals surface area (Å²) >= 11 is 6.85. The summed E-state index contributed by atoms with van der Waals surface area (Å²) in [6, 6.07) is 0. The van der Waals surface area contributed by atoms with Crippen LogP contribution in [0.4, 0.5) is 0 Å². The van der Waals surface area contributed by atoms with Crippen molar-refractivity contribution in [2.75, 3.05) is 26.6 Å². The predicted octanol–water partition coefficient (Wildman–Crippen LogP) is 6.46. The summed E-state index contributed by atoms with van der Waals surface area (Å²) in [4.78, 5) is 30.9. The molecule has 246 valence electrons. The van der Waals surface area contributed by atoms with E-state index in [9.17, 15) is 9.59 Å². The van der Waals surface area contributed by atoms with Gasteiger partial charge < -0.3 is 19.5 Å². The number of carbonyl (C=O) groups is 2. The molecule has 4 heterocycles. The molecule has 3 aliphatic rings. The third-order valence-electron chi connectivity index (χ3n) is 10.4. The molecule has 1 unspecified atom stereocenters. The van der Waals surface area contributed by atoms with Gasteiger partial charge in [-0.15, -0.1) is 5.10 Å². The second-order valence-corrected chi connectivity index (χ2v) is 15.2. The molecular weight excluding hydrogens is 582 g/mol. The van der Waals surface area contributed by atoms with Gasteiger partial charge in [0, 0.05) is 23.3 Å². The summed E-state index contributed by atoms with van der Waals surface area (Å²) < 4.78 is 18.8. The molecule has 3 fully saturated rings. The lowest BCUT2D eigenvalue weighted by molar-refractivity contribution is -0.150. The number of nitrogens with one attached hydrogen (secondary N) is 2. The van der Waals surface area contributed by atoms with Crippen LogP contribution >= 0.6 is 11.6 Å². The van der Waals surface area contributed by atoms with Crippen LogP contribution in [0.3, 0.4) is 0 Å². The SMILES string of the molecule is CC(C)CCCCC1(CCC(C)C)COC(=O)CCC(=O)NC12CCC(c1nc3c(Cl)c(C4(C)COCOC4)[nH]n3n1)CC2. The minimum absolute atomic E-state index is 0.0460. The molecule has 1 aliphatic carbocycles. The fourth-order valence-corrected chi connectivity index (χ4v) is 8.02. The van der Waals surface area contributed by atoms with E-state index >= 15 is 0 Å². The molecule has 2 saturated heterocycles. The minimum atomic E-state index is -0.446. The highest BCUT2D eigenvalue weighted by Crippen LogP contribution is 2.52. The highest BCUT2D eigenvalue weighted by molar-refractivity contribution is 6.34. The Labute approximate surface area is 266 Å². The second-order valence-electron chi connectivity index (χ2n) is 14.8. The molecule has 11 heteroatoms. The number of nitrogens with zero attached hydrogens (tertiary/aromatic N) is 3. The Morgan fingerprint density at radius 1 is 0.977 bits per heavy atom. The van der Waals surface area contributed by atoms with E-state index in [0.29, 0.717) is 42.3 Å². The molecule has 1 spiro atoms. The van der Waals surface area contributed by atoms with E-state index in [1.807, 2.05) is 0 Å². The molecular formula is C33H52ClN5O5. The van der Waals surface area contributed by atoms with Crippen molar-refractivity contribution in [1.29, 1.82) is 0 Å². The number of hydrogen-bond acceptors (Lipinski definition) is 7. The van der Waals surface area contributed by atoms with Crippen LogP contribution in [-0.2, 0) is 29.2 Å². The monoisotopic (exact) mass is 633 g/mol. The maximum atomic E-state index is 13.3. The topological polar surface area (TPSA) is 120 Å². The maximum absolute atomic E-state index is 13.3. The number of H-pyrrole nitrogens is 1. The summed E-state index contributed by atoms with van der Waals surface area (Å²) in [7, 11) is 0. The summed E-state index contributed by atoms with van der Waals surface area (Å²) in [5.74, 6) is 1.75.